The van der Waals surface area contributed by atoms with E-state index >= 15 is 0 Å². The average molecular weight is 248 g/mol. The summed E-state index contributed by atoms with van der Waals surface area (Å²) in [6.07, 6.45) is 2.21. The van der Waals surface area contributed by atoms with E-state index < -0.39 is 0 Å². The topological polar surface area (TPSA) is 38.5 Å². The standard InChI is InChI=1S/C15H24N2O/c1-15(2,16)14(17(3)4)12-7-8-13-11(10-12)6-5-9-18-13/h7-8,10,14H,5-6,9,16H2,1-4H3. The third-order valence-corrected chi connectivity index (χ3v) is 3.47. The fourth-order valence-corrected chi connectivity index (χ4v) is 2.94. The molecule has 100 valence electrons. The minimum atomic E-state index is -0.271. The van der Waals surface area contributed by atoms with Crippen LogP contribution < -0.4 is 10.5 Å². The number of nitrogens with two attached hydrogens (primary N) is 1. The number of rotatable bonds is 3. The summed E-state index contributed by atoms with van der Waals surface area (Å²) >= 11 is 0. The lowest BCUT2D eigenvalue weighted by atomic mass is 9.87. The molecule has 3 nitrogen and oxygen atoms in total. The van der Waals surface area contributed by atoms with Gasteiger partial charge >= 0.3 is 0 Å². The smallest absolute Gasteiger partial charge is 0.122 e. The van der Waals surface area contributed by atoms with Crippen LogP contribution in [0.1, 0.15) is 37.4 Å². The molecule has 2 rings (SSSR count). The van der Waals surface area contributed by atoms with Crippen molar-refractivity contribution in [3.63, 3.8) is 0 Å². The van der Waals surface area contributed by atoms with Crippen LogP contribution in [0.3, 0.4) is 0 Å². The molecule has 0 saturated heterocycles. The molecule has 0 amide bonds. The second-order valence-corrected chi connectivity index (χ2v) is 6.01. The monoisotopic (exact) mass is 248 g/mol. The molecule has 3 heteroatoms. The van der Waals surface area contributed by atoms with Gasteiger partial charge in [-0.25, -0.2) is 0 Å². The molecule has 2 N–H and O–H groups in total. The maximum atomic E-state index is 6.32. The third-order valence-electron chi connectivity index (χ3n) is 3.47. The molecule has 1 aromatic rings. The highest BCUT2D eigenvalue weighted by Gasteiger charge is 2.29. The van der Waals surface area contributed by atoms with Crippen molar-refractivity contribution in [1.82, 2.24) is 4.90 Å². The molecule has 1 heterocycles. The van der Waals surface area contributed by atoms with Crippen LogP contribution in [0.15, 0.2) is 18.2 Å². The second-order valence-electron chi connectivity index (χ2n) is 6.01. The van der Waals surface area contributed by atoms with Crippen molar-refractivity contribution in [1.29, 1.82) is 0 Å². The molecular weight excluding hydrogens is 224 g/mol. The SMILES string of the molecule is CN(C)C(c1ccc2c(c1)CCCO2)C(C)(C)N. The Morgan fingerprint density at radius 2 is 2.06 bits per heavy atom. The zero-order valence-electron chi connectivity index (χ0n) is 11.9. The van der Waals surface area contributed by atoms with Crippen LogP contribution in [0.25, 0.3) is 0 Å². The van der Waals surface area contributed by atoms with Crippen LogP contribution in [-0.2, 0) is 6.42 Å². The Bertz CT molecular complexity index is 421. The summed E-state index contributed by atoms with van der Waals surface area (Å²) < 4.78 is 5.66. The van der Waals surface area contributed by atoms with Crippen LogP contribution >= 0.6 is 0 Å². The first-order valence-electron chi connectivity index (χ1n) is 6.60. The van der Waals surface area contributed by atoms with Gasteiger partial charge in [0.2, 0.25) is 0 Å². The lowest BCUT2D eigenvalue weighted by Gasteiger charge is -2.36. The van der Waals surface area contributed by atoms with Gasteiger partial charge in [0, 0.05) is 5.54 Å². The Morgan fingerprint density at radius 3 is 2.67 bits per heavy atom. The molecule has 1 atom stereocenters. The van der Waals surface area contributed by atoms with Gasteiger partial charge in [-0.15, -0.1) is 0 Å². The van der Waals surface area contributed by atoms with E-state index in [2.05, 4.69) is 51.0 Å². The zero-order chi connectivity index (χ0) is 13.3. The Hall–Kier alpha value is -1.06. The van der Waals surface area contributed by atoms with Gasteiger partial charge in [-0.3, -0.25) is 0 Å². The summed E-state index contributed by atoms with van der Waals surface area (Å²) in [7, 11) is 4.16. The van der Waals surface area contributed by atoms with Gasteiger partial charge in [-0.2, -0.15) is 0 Å². The quantitative estimate of drug-likeness (QED) is 0.892. The number of nitrogens with zero attached hydrogens (tertiary/aromatic N) is 1. The van der Waals surface area contributed by atoms with Crippen molar-refractivity contribution in [2.75, 3.05) is 20.7 Å². The van der Waals surface area contributed by atoms with E-state index in [1.54, 1.807) is 0 Å². The largest absolute Gasteiger partial charge is 0.493 e. The minimum absolute atomic E-state index is 0.213. The van der Waals surface area contributed by atoms with Gasteiger partial charge in [-0.05, 0) is 58.0 Å². The van der Waals surface area contributed by atoms with Gasteiger partial charge in [-0.1, -0.05) is 12.1 Å². The molecule has 1 unspecified atom stereocenters. The van der Waals surface area contributed by atoms with E-state index in [0.29, 0.717) is 0 Å². The summed E-state index contributed by atoms with van der Waals surface area (Å²) in [4.78, 5) is 2.19. The molecule has 18 heavy (non-hydrogen) atoms. The number of hydrogen-bond donors (Lipinski definition) is 1. The van der Waals surface area contributed by atoms with Crippen molar-refractivity contribution in [3.05, 3.63) is 29.3 Å². The highest BCUT2D eigenvalue weighted by molar-refractivity contribution is 5.40. The predicted octanol–water partition coefficient (Wildman–Crippen LogP) is 2.35. The average Bonchev–Trinajstić information content (AvgIpc) is 2.26. The zero-order valence-corrected chi connectivity index (χ0v) is 11.9. The summed E-state index contributed by atoms with van der Waals surface area (Å²) in [6, 6.07) is 6.70. The van der Waals surface area contributed by atoms with Crippen molar-refractivity contribution < 1.29 is 4.74 Å². The first-order valence-corrected chi connectivity index (χ1v) is 6.60. The molecule has 1 aliphatic heterocycles. The van der Waals surface area contributed by atoms with Gasteiger partial charge < -0.3 is 15.4 Å². The number of fused-ring (bicyclic) bond motifs is 1. The van der Waals surface area contributed by atoms with Crippen LogP contribution in [0.5, 0.6) is 5.75 Å². The van der Waals surface area contributed by atoms with Gasteiger partial charge in [0.05, 0.1) is 12.6 Å². The Balaban J connectivity index is 2.37. The molecule has 0 radical (unpaired) electrons. The van der Waals surface area contributed by atoms with Gasteiger partial charge in [0.25, 0.3) is 0 Å². The van der Waals surface area contributed by atoms with Crippen molar-refractivity contribution in [2.45, 2.75) is 38.3 Å². The molecule has 0 aliphatic carbocycles. The molecule has 0 spiro atoms. The molecule has 0 fully saturated rings. The van der Waals surface area contributed by atoms with Crippen LogP contribution in [0, 0.1) is 0 Å². The van der Waals surface area contributed by atoms with Crippen molar-refractivity contribution in [3.8, 4) is 5.75 Å². The summed E-state index contributed by atoms with van der Waals surface area (Å²) in [6.45, 7) is 4.99. The Kier molecular flexibility index (Phi) is 3.64. The van der Waals surface area contributed by atoms with E-state index in [4.69, 9.17) is 10.5 Å². The molecule has 1 aromatic carbocycles. The van der Waals surface area contributed by atoms with E-state index in [1.165, 1.54) is 11.1 Å². The number of ether oxygens (including phenoxy) is 1. The van der Waals surface area contributed by atoms with Crippen molar-refractivity contribution in [2.24, 2.45) is 5.73 Å². The van der Waals surface area contributed by atoms with Crippen LogP contribution in [-0.4, -0.2) is 31.1 Å². The van der Waals surface area contributed by atoms with E-state index in [9.17, 15) is 0 Å². The summed E-state index contributed by atoms with van der Waals surface area (Å²) in [5.41, 5.74) is 8.63. The number of hydrogen-bond acceptors (Lipinski definition) is 3. The van der Waals surface area contributed by atoms with Crippen molar-refractivity contribution >= 4 is 0 Å². The molecule has 1 aliphatic rings. The highest BCUT2D eigenvalue weighted by Crippen LogP contribution is 2.33. The van der Waals surface area contributed by atoms with E-state index in [1.807, 2.05) is 0 Å². The molecule has 0 bridgehead atoms. The normalized spacial score (nSPS) is 17.2. The molecular formula is C15H24N2O. The predicted molar refractivity (Wildman–Crippen MR) is 75.0 cm³/mol. The maximum absolute atomic E-state index is 6.32. The number of benzene rings is 1. The van der Waals surface area contributed by atoms with Gasteiger partial charge in [0.15, 0.2) is 0 Å². The van der Waals surface area contributed by atoms with Gasteiger partial charge in [0.1, 0.15) is 5.75 Å². The van der Waals surface area contributed by atoms with E-state index in [-0.39, 0.29) is 11.6 Å². The molecule has 0 saturated carbocycles. The maximum Gasteiger partial charge on any atom is 0.122 e. The lowest BCUT2D eigenvalue weighted by Crippen LogP contribution is -2.45. The summed E-state index contributed by atoms with van der Waals surface area (Å²) in [5, 5.41) is 0. The first kappa shape index (κ1) is 13.4. The fraction of sp³-hybridized carbons (Fsp3) is 0.600. The number of aryl methyl sites for hydroxylation is 1. The van der Waals surface area contributed by atoms with Crippen LogP contribution in [0.4, 0.5) is 0 Å². The third kappa shape index (κ3) is 2.68. The Labute approximate surface area is 110 Å². The van der Waals surface area contributed by atoms with E-state index in [0.717, 1.165) is 25.2 Å². The van der Waals surface area contributed by atoms with Crippen LogP contribution in [0.2, 0.25) is 0 Å². The first-order chi connectivity index (χ1) is 8.39. The summed E-state index contributed by atoms with van der Waals surface area (Å²) in [5.74, 6) is 1.04. The minimum Gasteiger partial charge on any atom is -0.493 e. The highest BCUT2D eigenvalue weighted by atomic mass is 16.5. The fourth-order valence-electron chi connectivity index (χ4n) is 2.94. The molecule has 0 aromatic heterocycles. The number of likely N-dealkylation sites (N-methyl/N-ethyl adjacent to an activating group) is 1. The second kappa shape index (κ2) is 4.90. The lowest BCUT2D eigenvalue weighted by molar-refractivity contribution is 0.204. The Morgan fingerprint density at radius 1 is 1.33 bits per heavy atom.